The fraction of sp³-hybridized carbons (Fsp3) is 0.316. The molecule has 3 aromatic rings. The minimum absolute atomic E-state index is 0.0639. The number of hydrogen-bond acceptors (Lipinski definition) is 6. The third kappa shape index (κ3) is 3.74. The Kier molecular flexibility index (Phi) is 5.06. The van der Waals surface area contributed by atoms with Crippen LogP contribution in [0.15, 0.2) is 35.1 Å². The summed E-state index contributed by atoms with van der Waals surface area (Å²) < 4.78 is 6.93. The molecule has 0 bridgehead atoms. The molecule has 1 amide bonds. The SMILES string of the molecule is Cc1nn(C2CCNCC2)cc1-c1ccc(Cl)c(NC(=O)c2coc(N)n2)c1. The number of nitrogens with two attached hydrogens (primary N) is 1. The molecule has 3 heterocycles. The maximum Gasteiger partial charge on any atom is 0.292 e. The third-order valence-electron chi connectivity index (χ3n) is 4.88. The number of oxazole rings is 1. The summed E-state index contributed by atoms with van der Waals surface area (Å²) in [4.78, 5) is 16.2. The van der Waals surface area contributed by atoms with Crippen molar-refractivity contribution < 1.29 is 9.21 Å². The van der Waals surface area contributed by atoms with E-state index in [9.17, 15) is 4.79 Å². The highest BCUT2D eigenvalue weighted by Gasteiger charge is 2.19. The zero-order valence-corrected chi connectivity index (χ0v) is 16.2. The lowest BCUT2D eigenvalue weighted by atomic mass is 10.1. The van der Waals surface area contributed by atoms with Crippen LogP contribution in [0, 0.1) is 6.92 Å². The normalized spacial score (nSPS) is 14.9. The Morgan fingerprint density at radius 3 is 2.89 bits per heavy atom. The number of nitrogens with zero attached hydrogens (tertiary/aromatic N) is 3. The molecule has 1 aromatic carbocycles. The molecule has 4 rings (SSSR count). The number of amides is 1. The lowest BCUT2D eigenvalue weighted by Gasteiger charge is -2.22. The van der Waals surface area contributed by atoms with Crippen molar-refractivity contribution in [1.82, 2.24) is 20.1 Å². The summed E-state index contributed by atoms with van der Waals surface area (Å²) in [5.74, 6) is -0.443. The van der Waals surface area contributed by atoms with Crippen LogP contribution < -0.4 is 16.4 Å². The summed E-state index contributed by atoms with van der Waals surface area (Å²) in [6, 6.07) is 5.85. The number of halogens is 1. The quantitative estimate of drug-likeness (QED) is 0.619. The average Bonchev–Trinajstić information content (AvgIpc) is 3.30. The highest BCUT2D eigenvalue weighted by molar-refractivity contribution is 6.34. The summed E-state index contributed by atoms with van der Waals surface area (Å²) in [7, 11) is 0. The second-order valence-corrected chi connectivity index (χ2v) is 7.22. The molecule has 28 heavy (non-hydrogen) atoms. The van der Waals surface area contributed by atoms with E-state index in [2.05, 4.69) is 26.5 Å². The number of hydrogen-bond donors (Lipinski definition) is 3. The fourth-order valence-corrected chi connectivity index (χ4v) is 3.55. The summed E-state index contributed by atoms with van der Waals surface area (Å²) in [6.07, 6.45) is 5.39. The van der Waals surface area contributed by atoms with Crippen LogP contribution >= 0.6 is 11.6 Å². The maximum absolute atomic E-state index is 12.3. The highest BCUT2D eigenvalue weighted by atomic mass is 35.5. The number of nitrogens with one attached hydrogen (secondary N) is 2. The van der Waals surface area contributed by atoms with Gasteiger partial charge < -0.3 is 20.8 Å². The van der Waals surface area contributed by atoms with E-state index in [-0.39, 0.29) is 11.7 Å². The molecule has 2 aromatic heterocycles. The monoisotopic (exact) mass is 400 g/mol. The lowest BCUT2D eigenvalue weighted by molar-refractivity contribution is 0.102. The van der Waals surface area contributed by atoms with Gasteiger partial charge in [0.05, 0.1) is 22.4 Å². The number of carbonyl (C=O) groups is 1. The van der Waals surface area contributed by atoms with Crippen LogP contribution in [0.25, 0.3) is 11.1 Å². The second kappa shape index (κ2) is 7.65. The minimum atomic E-state index is -0.443. The van der Waals surface area contributed by atoms with Crippen molar-refractivity contribution in [3.63, 3.8) is 0 Å². The van der Waals surface area contributed by atoms with Gasteiger partial charge in [-0.2, -0.15) is 10.1 Å². The predicted octanol–water partition coefficient (Wildman–Crippen LogP) is 3.26. The van der Waals surface area contributed by atoms with E-state index in [4.69, 9.17) is 26.9 Å². The minimum Gasteiger partial charge on any atom is -0.431 e. The van der Waals surface area contributed by atoms with Crippen molar-refractivity contribution in [3.05, 3.63) is 47.1 Å². The Morgan fingerprint density at radius 1 is 1.39 bits per heavy atom. The van der Waals surface area contributed by atoms with Gasteiger partial charge in [0.25, 0.3) is 11.9 Å². The van der Waals surface area contributed by atoms with E-state index in [0.717, 1.165) is 42.8 Å². The molecule has 0 spiro atoms. The molecule has 0 unspecified atom stereocenters. The molecule has 9 heteroatoms. The number of anilines is 2. The molecular weight excluding hydrogens is 380 g/mol. The van der Waals surface area contributed by atoms with Gasteiger partial charge in [-0.15, -0.1) is 0 Å². The molecule has 4 N–H and O–H groups in total. The standard InChI is InChI=1S/C19H21ClN6O2/c1-11-14(9-26(25-11)13-4-6-22-7-5-13)12-2-3-15(20)16(8-12)23-18(27)17-10-28-19(21)24-17/h2-3,8-10,13,22H,4-7H2,1H3,(H2,21,24)(H,23,27). The number of nitrogen functional groups attached to an aromatic ring is 1. The van der Waals surface area contributed by atoms with E-state index in [1.165, 1.54) is 6.26 Å². The molecule has 1 fully saturated rings. The van der Waals surface area contributed by atoms with E-state index >= 15 is 0 Å². The Bertz CT molecular complexity index is 1010. The average molecular weight is 401 g/mol. The van der Waals surface area contributed by atoms with Gasteiger partial charge in [-0.3, -0.25) is 9.48 Å². The Hall–Kier alpha value is -2.84. The van der Waals surface area contributed by atoms with E-state index in [1.807, 2.05) is 19.1 Å². The van der Waals surface area contributed by atoms with Crippen molar-refractivity contribution >= 4 is 29.2 Å². The van der Waals surface area contributed by atoms with Crippen molar-refractivity contribution in [1.29, 1.82) is 0 Å². The summed E-state index contributed by atoms with van der Waals surface area (Å²) in [6.45, 7) is 3.99. The van der Waals surface area contributed by atoms with E-state index in [0.29, 0.717) is 16.8 Å². The summed E-state index contributed by atoms with van der Waals surface area (Å²) >= 11 is 6.28. The topological polar surface area (TPSA) is 111 Å². The first-order valence-electron chi connectivity index (χ1n) is 9.10. The molecule has 1 aliphatic heterocycles. The van der Waals surface area contributed by atoms with Gasteiger partial charge in [0.2, 0.25) is 0 Å². The van der Waals surface area contributed by atoms with E-state index < -0.39 is 5.91 Å². The summed E-state index contributed by atoms with van der Waals surface area (Å²) in [5, 5.41) is 11.3. The van der Waals surface area contributed by atoms with Gasteiger partial charge >= 0.3 is 0 Å². The molecule has 8 nitrogen and oxygen atoms in total. The van der Waals surface area contributed by atoms with E-state index in [1.54, 1.807) is 6.07 Å². The van der Waals surface area contributed by atoms with Crippen molar-refractivity contribution in [2.75, 3.05) is 24.1 Å². The van der Waals surface area contributed by atoms with Gasteiger partial charge in [0.15, 0.2) is 5.69 Å². The lowest BCUT2D eigenvalue weighted by Crippen LogP contribution is -2.29. The summed E-state index contributed by atoms with van der Waals surface area (Å²) in [5.41, 5.74) is 8.87. The van der Waals surface area contributed by atoms with Crippen LogP contribution in [0.4, 0.5) is 11.7 Å². The molecule has 0 saturated carbocycles. The zero-order chi connectivity index (χ0) is 19.7. The van der Waals surface area contributed by atoms with Crippen molar-refractivity contribution in [2.24, 2.45) is 0 Å². The van der Waals surface area contributed by atoms with Gasteiger partial charge in [0.1, 0.15) is 6.26 Å². The van der Waals surface area contributed by atoms with Crippen LogP contribution in [-0.2, 0) is 0 Å². The zero-order valence-electron chi connectivity index (χ0n) is 15.4. The second-order valence-electron chi connectivity index (χ2n) is 6.81. The molecule has 0 aliphatic carbocycles. The van der Waals surface area contributed by atoms with Crippen LogP contribution in [-0.4, -0.2) is 33.8 Å². The van der Waals surface area contributed by atoms with Gasteiger partial charge in [-0.25, -0.2) is 0 Å². The van der Waals surface area contributed by atoms with Crippen molar-refractivity contribution in [3.8, 4) is 11.1 Å². The smallest absolute Gasteiger partial charge is 0.292 e. The number of piperidine rings is 1. The number of aryl methyl sites for hydroxylation is 1. The van der Waals surface area contributed by atoms with Crippen LogP contribution in [0.5, 0.6) is 0 Å². The van der Waals surface area contributed by atoms with Crippen LogP contribution in [0.2, 0.25) is 5.02 Å². The highest BCUT2D eigenvalue weighted by Crippen LogP contribution is 2.32. The molecule has 1 saturated heterocycles. The Balaban J connectivity index is 1.60. The Labute approximate surface area is 167 Å². The molecule has 0 radical (unpaired) electrons. The van der Waals surface area contributed by atoms with Gasteiger partial charge in [0, 0.05) is 11.8 Å². The first-order valence-corrected chi connectivity index (χ1v) is 9.48. The number of aromatic nitrogens is 3. The molecule has 1 aliphatic rings. The Morgan fingerprint density at radius 2 is 2.18 bits per heavy atom. The third-order valence-corrected chi connectivity index (χ3v) is 5.21. The first-order chi connectivity index (χ1) is 13.5. The fourth-order valence-electron chi connectivity index (χ4n) is 3.39. The number of benzene rings is 1. The first kappa shape index (κ1) is 18.5. The number of carbonyl (C=O) groups excluding carboxylic acids is 1. The van der Waals surface area contributed by atoms with Gasteiger partial charge in [-0.1, -0.05) is 17.7 Å². The predicted molar refractivity (Wildman–Crippen MR) is 107 cm³/mol. The van der Waals surface area contributed by atoms with Crippen molar-refractivity contribution in [2.45, 2.75) is 25.8 Å². The van der Waals surface area contributed by atoms with Crippen LogP contribution in [0.3, 0.4) is 0 Å². The van der Waals surface area contributed by atoms with Gasteiger partial charge in [-0.05, 0) is 50.6 Å². The largest absolute Gasteiger partial charge is 0.431 e. The maximum atomic E-state index is 12.3. The number of rotatable bonds is 4. The molecule has 0 atom stereocenters. The molecular formula is C19H21ClN6O2. The molecule has 146 valence electrons. The van der Waals surface area contributed by atoms with Crippen LogP contribution in [0.1, 0.15) is 35.1 Å².